The summed E-state index contributed by atoms with van der Waals surface area (Å²) in [7, 11) is 0. The topological polar surface area (TPSA) is 54.0 Å². The van der Waals surface area contributed by atoms with Crippen molar-refractivity contribution in [3.8, 4) is 0 Å². The normalized spacial score (nSPS) is 11.1. The van der Waals surface area contributed by atoms with E-state index in [1.54, 1.807) is 12.4 Å². The van der Waals surface area contributed by atoms with Crippen LogP contribution < -0.4 is 10.6 Å². The van der Waals surface area contributed by atoms with E-state index in [0.29, 0.717) is 18.7 Å². The van der Waals surface area contributed by atoms with E-state index < -0.39 is 11.5 Å². The number of hydrogen-bond acceptors (Lipinski definition) is 3. The van der Waals surface area contributed by atoms with E-state index in [1.165, 1.54) is 24.3 Å². The number of carbonyl (C=O) groups excluding carboxylic acids is 1. The van der Waals surface area contributed by atoms with Gasteiger partial charge in [-0.25, -0.2) is 4.79 Å². The van der Waals surface area contributed by atoms with Crippen LogP contribution in [0.5, 0.6) is 0 Å². The summed E-state index contributed by atoms with van der Waals surface area (Å²) in [4.78, 5) is 15.7. The number of nitrogens with one attached hydrogen (secondary N) is 2. The van der Waals surface area contributed by atoms with Crippen LogP contribution in [0.3, 0.4) is 0 Å². The van der Waals surface area contributed by atoms with Crippen LogP contribution in [-0.2, 0) is 6.42 Å². The van der Waals surface area contributed by atoms with Gasteiger partial charge in [0.05, 0.1) is 0 Å². The van der Waals surface area contributed by atoms with Gasteiger partial charge in [-0.1, -0.05) is 6.07 Å². The van der Waals surface area contributed by atoms with Gasteiger partial charge in [-0.15, -0.1) is 0 Å². The summed E-state index contributed by atoms with van der Waals surface area (Å²) >= 11 is -0.194. The number of thioether (sulfide) groups is 1. The Morgan fingerprint density at radius 3 is 2.52 bits per heavy atom. The van der Waals surface area contributed by atoms with Crippen LogP contribution in [0.2, 0.25) is 0 Å². The number of benzene rings is 1. The van der Waals surface area contributed by atoms with Gasteiger partial charge in [0.1, 0.15) is 0 Å². The van der Waals surface area contributed by atoms with Crippen LogP contribution in [-0.4, -0.2) is 23.1 Å². The maximum Gasteiger partial charge on any atom is 0.446 e. The Morgan fingerprint density at radius 1 is 1.17 bits per heavy atom. The van der Waals surface area contributed by atoms with Crippen molar-refractivity contribution in [1.82, 2.24) is 10.3 Å². The molecule has 0 spiro atoms. The molecule has 0 bridgehead atoms. The zero-order chi connectivity index (χ0) is 16.7. The van der Waals surface area contributed by atoms with Crippen LogP contribution in [0, 0.1) is 0 Å². The molecule has 0 atom stereocenters. The van der Waals surface area contributed by atoms with Gasteiger partial charge in [-0.3, -0.25) is 4.98 Å². The highest BCUT2D eigenvalue weighted by atomic mass is 32.2. The Bertz CT molecular complexity index is 633. The summed E-state index contributed by atoms with van der Waals surface area (Å²) in [6, 6.07) is 8.78. The lowest BCUT2D eigenvalue weighted by atomic mass is 10.2. The molecule has 0 saturated heterocycles. The molecule has 1 aromatic carbocycles. The first-order valence-electron chi connectivity index (χ1n) is 6.72. The van der Waals surface area contributed by atoms with Gasteiger partial charge in [-0.05, 0) is 54.1 Å². The van der Waals surface area contributed by atoms with Crippen molar-refractivity contribution in [3.63, 3.8) is 0 Å². The number of anilines is 1. The second-order valence-corrected chi connectivity index (χ2v) is 5.70. The quantitative estimate of drug-likeness (QED) is 0.807. The van der Waals surface area contributed by atoms with Crippen molar-refractivity contribution >= 4 is 23.5 Å². The first-order valence-corrected chi connectivity index (χ1v) is 7.53. The predicted molar refractivity (Wildman–Crippen MR) is 83.3 cm³/mol. The number of pyridine rings is 1. The highest BCUT2D eigenvalue weighted by Crippen LogP contribution is 2.36. The first-order chi connectivity index (χ1) is 10.9. The molecule has 23 heavy (non-hydrogen) atoms. The molecule has 1 aromatic heterocycles. The number of urea groups is 1. The van der Waals surface area contributed by atoms with Crippen molar-refractivity contribution in [3.05, 3.63) is 54.4 Å². The molecule has 2 aromatic rings. The average Bonchev–Trinajstić information content (AvgIpc) is 2.49. The molecule has 0 fully saturated rings. The Balaban J connectivity index is 1.76. The third-order valence-corrected chi connectivity index (χ3v) is 3.51. The number of amides is 2. The van der Waals surface area contributed by atoms with E-state index in [1.807, 2.05) is 12.1 Å². The van der Waals surface area contributed by atoms with E-state index in [0.717, 1.165) is 5.56 Å². The van der Waals surface area contributed by atoms with Crippen LogP contribution in [0.1, 0.15) is 5.56 Å². The largest absolute Gasteiger partial charge is 0.446 e. The molecule has 2 amide bonds. The SMILES string of the molecule is O=C(NCCc1cccnc1)Nc1ccc(SC(F)(F)F)cc1. The molecule has 8 heteroatoms. The zero-order valence-corrected chi connectivity index (χ0v) is 12.7. The molecule has 0 aliphatic heterocycles. The van der Waals surface area contributed by atoms with E-state index in [-0.39, 0.29) is 16.7 Å². The van der Waals surface area contributed by atoms with Gasteiger partial charge >= 0.3 is 11.5 Å². The standard InChI is InChI=1S/C15H14F3N3OS/c16-15(17,18)23-13-5-3-12(4-6-13)21-14(22)20-9-7-11-2-1-8-19-10-11/h1-6,8,10H,7,9H2,(H2,20,21,22). The molecule has 4 nitrogen and oxygen atoms in total. The van der Waals surface area contributed by atoms with Crippen molar-refractivity contribution < 1.29 is 18.0 Å². The Labute approximate surface area is 135 Å². The second kappa shape index (κ2) is 7.87. The third kappa shape index (κ3) is 6.60. The number of nitrogens with zero attached hydrogens (tertiary/aromatic N) is 1. The minimum atomic E-state index is -4.32. The molecule has 1 heterocycles. The van der Waals surface area contributed by atoms with Gasteiger partial charge in [-0.2, -0.15) is 13.2 Å². The lowest BCUT2D eigenvalue weighted by molar-refractivity contribution is -0.0328. The molecule has 0 aliphatic rings. The van der Waals surface area contributed by atoms with Gasteiger partial charge in [0, 0.05) is 29.5 Å². The van der Waals surface area contributed by atoms with E-state index >= 15 is 0 Å². The zero-order valence-electron chi connectivity index (χ0n) is 11.9. The number of hydrogen-bond donors (Lipinski definition) is 2. The van der Waals surface area contributed by atoms with E-state index in [2.05, 4.69) is 15.6 Å². The lowest BCUT2D eigenvalue weighted by Gasteiger charge is -2.09. The Morgan fingerprint density at radius 2 is 1.91 bits per heavy atom. The van der Waals surface area contributed by atoms with Gasteiger partial charge in [0.25, 0.3) is 0 Å². The predicted octanol–water partition coefficient (Wildman–Crippen LogP) is 4.06. The first kappa shape index (κ1) is 17.1. The fourth-order valence-corrected chi connectivity index (χ4v) is 2.32. The highest BCUT2D eigenvalue weighted by Gasteiger charge is 2.28. The monoisotopic (exact) mass is 341 g/mol. The molecule has 0 aliphatic carbocycles. The van der Waals surface area contributed by atoms with Crippen molar-refractivity contribution in [2.45, 2.75) is 16.8 Å². The number of halogens is 3. The molecule has 0 unspecified atom stereocenters. The molecule has 0 saturated carbocycles. The van der Waals surface area contributed by atoms with Gasteiger partial charge in [0.2, 0.25) is 0 Å². The fraction of sp³-hybridized carbons (Fsp3) is 0.200. The maximum absolute atomic E-state index is 12.2. The van der Waals surface area contributed by atoms with Crippen LogP contribution >= 0.6 is 11.8 Å². The van der Waals surface area contributed by atoms with Crippen molar-refractivity contribution in [2.75, 3.05) is 11.9 Å². The van der Waals surface area contributed by atoms with E-state index in [9.17, 15) is 18.0 Å². The summed E-state index contributed by atoms with van der Waals surface area (Å²) in [5.41, 5.74) is -2.89. The number of aromatic nitrogens is 1. The summed E-state index contributed by atoms with van der Waals surface area (Å²) < 4.78 is 36.6. The third-order valence-electron chi connectivity index (χ3n) is 2.77. The summed E-state index contributed by atoms with van der Waals surface area (Å²) in [6.45, 7) is 0.430. The van der Waals surface area contributed by atoms with Crippen LogP contribution in [0.25, 0.3) is 0 Å². The fourth-order valence-electron chi connectivity index (χ4n) is 1.78. The second-order valence-electron chi connectivity index (χ2n) is 4.56. The summed E-state index contributed by atoms with van der Waals surface area (Å²) in [5.74, 6) is 0. The minimum Gasteiger partial charge on any atom is -0.338 e. The number of rotatable bonds is 5. The number of alkyl halides is 3. The molecule has 2 N–H and O–H groups in total. The summed E-state index contributed by atoms with van der Waals surface area (Å²) in [6.07, 6.45) is 4.03. The molecule has 122 valence electrons. The van der Waals surface area contributed by atoms with E-state index in [4.69, 9.17) is 0 Å². The lowest BCUT2D eigenvalue weighted by Crippen LogP contribution is -2.30. The maximum atomic E-state index is 12.2. The molecule has 2 rings (SSSR count). The average molecular weight is 341 g/mol. The van der Waals surface area contributed by atoms with Crippen LogP contribution in [0.15, 0.2) is 53.7 Å². The Hall–Kier alpha value is -2.22. The number of carbonyl (C=O) groups is 1. The van der Waals surface area contributed by atoms with Crippen LogP contribution in [0.4, 0.5) is 23.7 Å². The van der Waals surface area contributed by atoms with Gasteiger partial charge < -0.3 is 10.6 Å². The van der Waals surface area contributed by atoms with Crippen molar-refractivity contribution in [2.24, 2.45) is 0 Å². The van der Waals surface area contributed by atoms with Crippen molar-refractivity contribution in [1.29, 1.82) is 0 Å². The minimum absolute atomic E-state index is 0.0695. The molecular formula is C15H14F3N3OS. The smallest absolute Gasteiger partial charge is 0.338 e. The van der Waals surface area contributed by atoms with Gasteiger partial charge in [0.15, 0.2) is 0 Å². The summed E-state index contributed by atoms with van der Waals surface area (Å²) in [5, 5.41) is 5.23. The molecular weight excluding hydrogens is 327 g/mol. The highest BCUT2D eigenvalue weighted by molar-refractivity contribution is 8.00. The molecule has 0 radical (unpaired) electrons. The Kier molecular flexibility index (Phi) is 5.86.